The van der Waals surface area contributed by atoms with Crippen molar-refractivity contribution < 1.29 is 47.6 Å². The van der Waals surface area contributed by atoms with Gasteiger partial charge in [-0.15, -0.1) is 0 Å². The highest BCUT2D eigenvalue weighted by atomic mass is 16.7. The van der Waals surface area contributed by atoms with Gasteiger partial charge in [0.1, 0.15) is 18.5 Å². The lowest BCUT2D eigenvalue weighted by molar-refractivity contribution is -0.288. The number of esters is 4. The lowest BCUT2D eigenvalue weighted by Crippen LogP contribution is -2.63. The first kappa shape index (κ1) is 25.1. The SMILES string of the molecule is CC(=O)OCC1OC(Oc2cccc(C)c2C)C(OC(C)=O)C(OC(C)=O)C1OC(C)=O. The normalized spacial score (nSPS) is 24.8. The summed E-state index contributed by atoms with van der Waals surface area (Å²) in [4.78, 5) is 46.8. The zero-order valence-electron chi connectivity index (χ0n) is 18.9. The Bertz CT molecular complexity index is 864. The minimum Gasteiger partial charge on any atom is -0.463 e. The summed E-state index contributed by atoms with van der Waals surface area (Å²) in [7, 11) is 0. The topological polar surface area (TPSA) is 124 Å². The van der Waals surface area contributed by atoms with Crippen molar-refractivity contribution in [3.05, 3.63) is 29.3 Å². The highest BCUT2D eigenvalue weighted by Crippen LogP contribution is 2.32. The molecule has 32 heavy (non-hydrogen) atoms. The molecule has 1 aliphatic rings. The molecular weight excluding hydrogens is 424 g/mol. The van der Waals surface area contributed by atoms with Crippen molar-refractivity contribution in [3.8, 4) is 5.75 Å². The van der Waals surface area contributed by atoms with Crippen LogP contribution in [-0.4, -0.2) is 61.2 Å². The van der Waals surface area contributed by atoms with Gasteiger partial charge in [0, 0.05) is 27.7 Å². The average Bonchev–Trinajstić information content (AvgIpc) is 2.67. The molecule has 1 aliphatic heterocycles. The van der Waals surface area contributed by atoms with Crippen LogP contribution in [0.25, 0.3) is 0 Å². The summed E-state index contributed by atoms with van der Waals surface area (Å²) in [6, 6.07) is 5.38. The number of hydrogen-bond donors (Lipinski definition) is 0. The van der Waals surface area contributed by atoms with Gasteiger partial charge in [0.2, 0.25) is 12.4 Å². The largest absolute Gasteiger partial charge is 0.463 e. The zero-order chi connectivity index (χ0) is 24.0. The summed E-state index contributed by atoms with van der Waals surface area (Å²) in [5, 5.41) is 0. The van der Waals surface area contributed by atoms with Gasteiger partial charge in [0.25, 0.3) is 0 Å². The molecule has 0 saturated carbocycles. The third-order valence-electron chi connectivity index (χ3n) is 4.75. The van der Waals surface area contributed by atoms with Crippen LogP contribution in [0, 0.1) is 13.8 Å². The summed E-state index contributed by atoms with van der Waals surface area (Å²) in [5.41, 5.74) is 1.77. The van der Waals surface area contributed by atoms with E-state index in [1.54, 1.807) is 12.1 Å². The van der Waals surface area contributed by atoms with Crippen LogP contribution in [0.4, 0.5) is 0 Å². The minimum absolute atomic E-state index is 0.315. The summed E-state index contributed by atoms with van der Waals surface area (Å²) < 4.78 is 33.1. The molecule has 0 N–H and O–H groups in total. The van der Waals surface area contributed by atoms with Crippen molar-refractivity contribution in [2.75, 3.05) is 6.61 Å². The van der Waals surface area contributed by atoms with Crippen molar-refractivity contribution in [2.24, 2.45) is 0 Å². The molecule has 0 amide bonds. The summed E-state index contributed by atoms with van der Waals surface area (Å²) in [6.07, 6.45) is -6.08. The quantitative estimate of drug-likeness (QED) is 0.446. The molecule has 10 heteroatoms. The Hall–Kier alpha value is -3.14. The van der Waals surface area contributed by atoms with Crippen LogP contribution in [0.2, 0.25) is 0 Å². The molecule has 0 spiro atoms. The van der Waals surface area contributed by atoms with Crippen LogP contribution in [0.3, 0.4) is 0 Å². The third kappa shape index (κ3) is 6.68. The minimum atomic E-state index is -1.27. The van der Waals surface area contributed by atoms with E-state index in [-0.39, 0.29) is 6.61 Å². The molecular formula is C22H28O10. The molecule has 1 saturated heterocycles. The van der Waals surface area contributed by atoms with Gasteiger partial charge in [0.05, 0.1) is 0 Å². The summed E-state index contributed by atoms with van der Waals surface area (Å²) in [6.45, 7) is 8.13. The summed E-state index contributed by atoms with van der Waals surface area (Å²) >= 11 is 0. The number of rotatable bonds is 7. The highest BCUT2D eigenvalue weighted by molar-refractivity contribution is 5.68. The van der Waals surface area contributed by atoms with Crippen molar-refractivity contribution >= 4 is 23.9 Å². The standard InChI is InChI=1S/C22H28O10/c1-11-8-7-9-17(12(11)2)31-22-21(30-16(6)26)20(29-15(5)25)19(28-14(4)24)18(32-22)10-27-13(3)23/h7-9,18-22H,10H2,1-6H3. The highest BCUT2D eigenvalue weighted by Gasteiger charge is 2.53. The Morgan fingerprint density at radius 2 is 1.38 bits per heavy atom. The molecule has 2 rings (SSSR count). The Labute approximate surface area is 186 Å². The van der Waals surface area contributed by atoms with Gasteiger partial charge in [-0.3, -0.25) is 19.2 Å². The summed E-state index contributed by atoms with van der Waals surface area (Å²) in [5.74, 6) is -2.23. The Kier molecular flexibility index (Phi) is 8.59. The fourth-order valence-corrected chi connectivity index (χ4v) is 3.26. The molecule has 1 heterocycles. The Morgan fingerprint density at radius 1 is 0.812 bits per heavy atom. The average molecular weight is 452 g/mol. The monoisotopic (exact) mass is 452 g/mol. The van der Waals surface area contributed by atoms with Crippen LogP contribution < -0.4 is 4.74 Å². The molecule has 1 fully saturated rings. The smallest absolute Gasteiger partial charge is 0.303 e. The van der Waals surface area contributed by atoms with E-state index in [4.69, 9.17) is 28.4 Å². The first-order chi connectivity index (χ1) is 15.0. The molecule has 0 aliphatic carbocycles. The lowest BCUT2D eigenvalue weighted by Gasteiger charge is -2.44. The van der Waals surface area contributed by atoms with Crippen molar-refractivity contribution in [3.63, 3.8) is 0 Å². The Balaban J connectivity index is 2.49. The van der Waals surface area contributed by atoms with E-state index in [0.29, 0.717) is 5.75 Å². The predicted octanol–water partition coefficient (Wildman–Crippen LogP) is 1.77. The van der Waals surface area contributed by atoms with Crippen LogP contribution in [-0.2, 0) is 42.9 Å². The molecule has 5 atom stereocenters. The number of aryl methyl sites for hydroxylation is 1. The second kappa shape index (κ2) is 10.9. The van der Waals surface area contributed by atoms with Crippen LogP contribution >= 0.6 is 0 Å². The second-order valence-electron chi connectivity index (χ2n) is 7.38. The number of ether oxygens (including phenoxy) is 6. The molecule has 5 unspecified atom stereocenters. The van der Waals surface area contributed by atoms with Gasteiger partial charge in [-0.25, -0.2) is 0 Å². The molecule has 0 radical (unpaired) electrons. The fourth-order valence-electron chi connectivity index (χ4n) is 3.26. The Morgan fingerprint density at radius 3 is 1.94 bits per heavy atom. The molecule has 176 valence electrons. The van der Waals surface area contributed by atoms with Crippen LogP contribution in [0.1, 0.15) is 38.8 Å². The number of benzene rings is 1. The molecule has 10 nitrogen and oxygen atoms in total. The van der Waals surface area contributed by atoms with Gasteiger partial charge in [-0.2, -0.15) is 0 Å². The van der Waals surface area contributed by atoms with Gasteiger partial charge in [-0.1, -0.05) is 12.1 Å². The second-order valence-corrected chi connectivity index (χ2v) is 7.38. The van der Waals surface area contributed by atoms with Crippen molar-refractivity contribution in [1.82, 2.24) is 0 Å². The van der Waals surface area contributed by atoms with Gasteiger partial charge in [0.15, 0.2) is 12.2 Å². The van der Waals surface area contributed by atoms with E-state index >= 15 is 0 Å². The predicted molar refractivity (Wildman–Crippen MR) is 109 cm³/mol. The number of carbonyl (C=O) groups excluding carboxylic acids is 4. The van der Waals surface area contributed by atoms with E-state index in [1.165, 1.54) is 13.8 Å². The molecule has 0 aromatic heterocycles. The first-order valence-electron chi connectivity index (χ1n) is 10.0. The maximum absolute atomic E-state index is 11.8. The van der Waals surface area contributed by atoms with E-state index in [2.05, 4.69) is 0 Å². The maximum atomic E-state index is 11.8. The van der Waals surface area contributed by atoms with Gasteiger partial charge < -0.3 is 28.4 Å². The van der Waals surface area contributed by atoms with E-state index in [9.17, 15) is 19.2 Å². The van der Waals surface area contributed by atoms with Gasteiger partial charge >= 0.3 is 23.9 Å². The fraction of sp³-hybridized carbons (Fsp3) is 0.545. The number of hydrogen-bond acceptors (Lipinski definition) is 10. The van der Waals surface area contributed by atoms with Crippen molar-refractivity contribution in [2.45, 2.75) is 72.2 Å². The molecule has 0 bridgehead atoms. The van der Waals surface area contributed by atoms with E-state index < -0.39 is 54.6 Å². The number of carbonyl (C=O) groups is 4. The van der Waals surface area contributed by atoms with Gasteiger partial charge in [-0.05, 0) is 31.0 Å². The van der Waals surface area contributed by atoms with Crippen molar-refractivity contribution in [1.29, 1.82) is 0 Å². The maximum Gasteiger partial charge on any atom is 0.303 e. The molecule has 1 aromatic rings. The molecule has 1 aromatic carbocycles. The third-order valence-corrected chi connectivity index (χ3v) is 4.75. The van der Waals surface area contributed by atoms with Crippen LogP contribution in [0.15, 0.2) is 18.2 Å². The van der Waals surface area contributed by atoms with E-state index in [1.807, 2.05) is 19.9 Å². The zero-order valence-corrected chi connectivity index (χ0v) is 18.9. The first-order valence-corrected chi connectivity index (χ1v) is 10.0. The lowest BCUT2D eigenvalue weighted by atomic mass is 9.98. The van der Waals surface area contributed by atoms with E-state index in [0.717, 1.165) is 25.0 Å². The van der Waals surface area contributed by atoms with Crippen LogP contribution in [0.5, 0.6) is 5.75 Å².